The van der Waals surface area contributed by atoms with Crippen molar-refractivity contribution in [3.8, 4) is 5.75 Å². The van der Waals surface area contributed by atoms with Gasteiger partial charge in [-0.2, -0.15) is 13.2 Å². The Kier molecular flexibility index (Phi) is 7.35. The van der Waals surface area contributed by atoms with Crippen molar-refractivity contribution in [1.82, 2.24) is 15.2 Å². The number of rotatable bonds is 7. The van der Waals surface area contributed by atoms with Crippen molar-refractivity contribution in [1.29, 1.82) is 0 Å². The van der Waals surface area contributed by atoms with Crippen LogP contribution in [0.3, 0.4) is 0 Å². The van der Waals surface area contributed by atoms with Crippen LogP contribution in [0.1, 0.15) is 40.3 Å². The lowest BCUT2D eigenvalue weighted by Crippen LogP contribution is -2.55. The van der Waals surface area contributed by atoms with E-state index in [2.05, 4.69) is 29.0 Å². The molecular formula is C25H28F3N3O3S. The van der Waals surface area contributed by atoms with E-state index in [0.29, 0.717) is 36.5 Å². The van der Waals surface area contributed by atoms with Crippen molar-refractivity contribution in [2.45, 2.75) is 39.1 Å². The third kappa shape index (κ3) is 5.76. The Bertz CT molecular complexity index is 1200. The zero-order chi connectivity index (χ0) is 25.2. The summed E-state index contributed by atoms with van der Waals surface area (Å²) in [7, 11) is 0. The number of morpholine rings is 1. The molecule has 35 heavy (non-hydrogen) atoms. The van der Waals surface area contributed by atoms with Crippen molar-refractivity contribution in [3.05, 3.63) is 58.2 Å². The Morgan fingerprint density at radius 2 is 1.97 bits per heavy atom. The molecule has 188 valence electrons. The first-order valence-electron chi connectivity index (χ1n) is 11.3. The maximum Gasteiger partial charge on any atom is 0.433 e. The number of carbonyl (C=O) groups excluding carboxylic acids is 1. The van der Waals surface area contributed by atoms with E-state index in [1.54, 1.807) is 12.1 Å². The molecule has 1 N–H and O–H groups in total. The largest absolute Gasteiger partial charge is 0.489 e. The first-order chi connectivity index (χ1) is 16.6. The number of nitrogens with zero attached hydrogens (tertiary/aromatic N) is 2. The minimum Gasteiger partial charge on any atom is -0.489 e. The van der Waals surface area contributed by atoms with Crippen LogP contribution in [0.25, 0.3) is 10.1 Å². The van der Waals surface area contributed by atoms with Crippen LogP contribution >= 0.6 is 11.3 Å². The van der Waals surface area contributed by atoms with Crippen molar-refractivity contribution >= 4 is 27.3 Å². The Morgan fingerprint density at radius 1 is 1.23 bits per heavy atom. The number of pyridine rings is 1. The summed E-state index contributed by atoms with van der Waals surface area (Å²) in [6.45, 7) is 9.25. The van der Waals surface area contributed by atoms with Crippen LogP contribution < -0.4 is 10.1 Å². The van der Waals surface area contributed by atoms with Crippen molar-refractivity contribution in [3.63, 3.8) is 0 Å². The Morgan fingerprint density at radius 3 is 2.69 bits per heavy atom. The highest BCUT2D eigenvalue weighted by molar-refractivity contribution is 7.19. The molecule has 0 bridgehead atoms. The van der Waals surface area contributed by atoms with E-state index in [4.69, 9.17) is 9.47 Å². The van der Waals surface area contributed by atoms with Gasteiger partial charge in [0.25, 0.3) is 5.91 Å². The molecule has 6 nitrogen and oxygen atoms in total. The summed E-state index contributed by atoms with van der Waals surface area (Å²) in [6.07, 6.45) is -3.45. The van der Waals surface area contributed by atoms with Crippen molar-refractivity contribution < 1.29 is 27.4 Å². The lowest BCUT2D eigenvalue weighted by molar-refractivity contribution is -0.142. The van der Waals surface area contributed by atoms with Gasteiger partial charge in [0.1, 0.15) is 12.4 Å². The number of thiophene rings is 1. The zero-order valence-corrected chi connectivity index (χ0v) is 20.7. The van der Waals surface area contributed by atoms with E-state index < -0.39 is 11.9 Å². The number of benzene rings is 1. The number of aromatic nitrogens is 1. The number of amides is 1. The number of hydrogen-bond donors (Lipinski definition) is 1. The SMILES string of the molecule is Cc1sc2ccc(OCc3cccnc3C(F)(F)F)cc2c1C(=O)NCC(C)(C)N1CCOCC1. The van der Waals surface area contributed by atoms with Gasteiger partial charge in [0.15, 0.2) is 5.69 Å². The van der Waals surface area contributed by atoms with E-state index in [1.165, 1.54) is 23.5 Å². The standard InChI is InChI=1S/C25H28F3N3O3S/c1-16-21(23(32)30-15-24(2,3)31-9-11-33-12-10-31)19-13-18(6-7-20(19)35-16)34-14-17-5-4-8-29-22(17)25(26,27)28/h4-8,13H,9-12,14-15H2,1-3H3,(H,30,32). The lowest BCUT2D eigenvalue weighted by Gasteiger charge is -2.40. The molecule has 3 heterocycles. The molecule has 4 rings (SSSR count). The second kappa shape index (κ2) is 10.1. The second-order valence-electron chi connectivity index (χ2n) is 9.08. The summed E-state index contributed by atoms with van der Waals surface area (Å²) in [6, 6.07) is 8.03. The van der Waals surface area contributed by atoms with E-state index >= 15 is 0 Å². The second-order valence-corrected chi connectivity index (χ2v) is 10.3. The van der Waals surface area contributed by atoms with Gasteiger partial charge in [-0.15, -0.1) is 11.3 Å². The summed E-state index contributed by atoms with van der Waals surface area (Å²) >= 11 is 1.50. The molecule has 3 aromatic rings. The van der Waals surface area contributed by atoms with Gasteiger partial charge in [-0.3, -0.25) is 14.7 Å². The number of nitrogens with one attached hydrogen (secondary N) is 1. The van der Waals surface area contributed by atoms with Gasteiger partial charge in [-0.05, 0) is 45.0 Å². The third-order valence-corrected chi connectivity index (χ3v) is 7.25. The fourth-order valence-electron chi connectivity index (χ4n) is 4.21. The fraction of sp³-hybridized carbons (Fsp3) is 0.440. The van der Waals surface area contributed by atoms with Gasteiger partial charge >= 0.3 is 6.18 Å². The minimum atomic E-state index is -4.56. The zero-order valence-electron chi connectivity index (χ0n) is 19.9. The van der Waals surface area contributed by atoms with Gasteiger partial charge < -0.3 is 14.8 Å². The smallest absolute Gasteiger partial charge is 0.433 e. The van der Waals surface area contributed by atoms with Gasteiger partial charge in [0, 0.05) is 51.9 Å². The molecule has 1 amide bonds. The van der Waals surface area contributed by atoms with Crippen LogP contribution in [-0.2, 0) is 17.5 Å². The Labute approximate surface area is 206 Å². The van der Waals surface area contributed by atoms with Gasteiger partial charge in [0.05, 0.1) is 18.8 Å². The minimum absolute atomic E-state index is 0.0510. The summed E-state index contributed by atoms with van der Waals surface area (Å²) in [4.78, 5) is 19.8. The highest BCUT2D eigenvalue weighted by atomic mass is 32.1. The quantitative estimate of drug-likeness (QED) is 0.485. The summed E-state index contributed by atoms with van der Waals surface area (Å²) in [5.74, 6) is 0.203. The van der Waals surface area contributed by atoms with E-state index in [9.17, 15) is 18.0 Å². The normalized spacial score (nSPS) is 15.4. The first kappa shape index (κ1) is 25.4. The molecule has 0 unspecified atom stereocenters. The number of alkyl halides is 3. The molecule has 2 aromatic heterocycles. The molecule has 1 aromatic carbocycles. The summed E-state index contributed by atoms with van der Waals surface area (Å²) in [5.41, 5.74) is -0.682. The van der Waals surface area contributed by atoms with E-state index in [1.807, 2.05) is 13.0 Å². The molecule has 1 fully saturated rings. The maximum absolute atomic E-state index is 13.2. The molecule has 0 atom stereocenters. The van der Waals surface area contributed by atoms with Gasteiger partial charge in [-0.1, -0.05) is 6.07 Å². The van der Waals surface area contributed by atoms with Crippen LogP contribution in [0.2, 0.25) is 0 Å². The van der Waals surface area contributed by atoms with Gasteiger partial charge in [0.2, 0.25) is 0 Å². The molecule has 10 heteroatoms. The average molecular weight is 508 g/mol. The Balaban J connectivity index is 1.50. The van der Waals surface area contributed by atoms with E-state index in [-0.39, 0.29) is 23.6 Å². The predicted octanol–water partition coefficient (Wildman–Crippen LogP) is 5.04. The van der Waals surface area contributed by atoms with E-state index in [0.717, 1.165) is 28.9 Å². The number of ether oxygens (including phenoxy) is 2. The molecular weight excluding hydrogens is 479 g/mol. The molecule has 1 aliphatic rings. The molecule has 0 aliphatic carbocycles. The highest BCUT2D eigenvalue weighted by Gasteiger charge is 2.35. The number of carbonyl (C=O) groups is 1. The number of hydrogen-bond acceptors (Lipinski definition) is 6. The molecule has 0 spiro atoms. The van der Waals surface area contributed by atoms with Crippen LogP contribution in [-0.4, -0.2) is 54.2 Å². The number of halogens is 3. The maximum atomic E-state index is 13.2. The van der Waals surface area contributed by atoms with Crippen LogP contribution in [0, 0.1) is 6.92 Å². The molecule has 1 aliphatic heterocycles. The van der Waals surface area contributed by atoms with Crippen molar-refractivity contribution in [2.24, 2.45) is 0 Å². The number of fused-ring (bicyclic) bond motifs is 1. The van der Waals surface area contributed by atoms with Crippen LogP contribution in [0.15, 0.2) is 36.5 Å². The molecule has 1 saturated heterocycles. The highest BCUT2D eigenvalue weighted by Crippen LogP contribution is 2.35. The fourth-order valence-corrected chi connectivity index (χ4v) is 5.25. The Hall–Kier alpha value is -2.69. The average Bonchev–Trinajstić information content (AvgIpc) is 3.16. The first-order valence-corrected chi connectivity index (χ1v) is 12.2. The third-order valence-electron chi connectivity index (χ3n) is 6.17. The number of aryl methyl sites for hydroxylation is 1. The molecule has 0 radical (unpaired) electrons. The summed E-state index contributed by atoms with van der Waals surface area (Å²) < 4.78 is 51.7. The van der Waals surface area contributed by atoms with Crippen LogP contribution in [0.4, 0.5) is 13.2 Å². The topological polar surface area (TPSA) is 63.7 Å². The predicted molar refractivity (Wildman–Crippen MR) is 129 cm³/mol. The van der Waals surface area contributed by atoms with Crippen molar-refractivity contribution in [2.75, 3.05) is 32.8 Å². The van der Waals surface area contributed by atoms with Gasteiger partial charge in [-0.25, -0.2) is 0 Å². The lowest BCUT2D eigenvalue weighted by atomic mass is 10.0. The summed E-state index contributed by atoms with van der Waals surface area (Å²) in [5, 5.41) is 3.78. The van der Waals surface area contributed by atoms with Crippen LogP contribution in [0.5, 0.6) is 5.75 Å². The monoisotopic (exact) mass is 507 g/mol. The molecule has 0 saturated carbocycles.